The summed E-state index contributed by atoms with van der Waals surface area (Å²) in [7, 11) is 0. The van der Waals surface area contributed by atoms with E-state index in [4.69, 9.17) is 18.9 Å². The Hall–Kier alpha value is -2.12. The lowest BCUT2D eigenvalue weighted by molar-refractivity contribution is -0.148. The third kappa shape index (κ3) is 37.4. The summed E-state index contributed by atoms with van der Waals surface area (Å²) in [6.45, 7) is 8.02. The van der Waals surface area contributed by atoms with E-state index in [2.05, 4.69) is 13.8 Å². The summed E-state index contributed by atoms with van der Waals surface area (Å²) < 4.78 is 21.7. The van der Waals surface area contributed by atoms with Crippen LogP contribution in [0.5, 0.6) is 0 Å². The molecule has 0 N–H and O–H groups in total. The Morgan fingerprint density at radius 3 is 0.941 bits per heavy atom. The summed E-state index contributed by atoms with van der Waals surface area (Å²) in [5.74, 6) is -0.733. The van der Waals surface area contributed by atoms with Crippen LogP contribution < -0.4 is 0 Å². The highest BCUT2D eigenvalue weighted by atomic mass is 16.6. The number of carbonyl (C=O) groups excluding carboxylic acids is 4. The molecule has 0 radical (unpaired) electrons. The maximum Gasteiger partial charge on any atom is 0.305 e. The smallest absolute Gasteiger partial charge is 0.305 e. The van der Waals surface area contributed by atoms with Crippen molar-refractivity contribution < 1.29 is 38.1 Å². The highest BCUT2D eigenvalue weighted by Crippen LogP contribution is 2.19. The van der Waals surface area contributed by atoms with Crippen LogP contribution in [0.2, 0.25) is 0 Å². The standard InChI is InChI=1S/C43H80O8/c1-5-7-9-11-13-18-24-31-41(51-39(4)45)33-26-20-16-22-28-35-43(47)49-37-29-36-48-42(46)34-27-21-15-14-19-25-32-40(50-38(3)44)30-23-17-12-10-8-6-2/h40-41H,5-37H2,1-4H3. The average Bonchev–Trinajstić information content (AvgIpc) is 3.09. The lowest BCUT2D eigenvalue weighted by atomic mass is 10.0. The van der Waals surface area contributed by atoms with Gasteiger partial charge in [0.05, 0.1) is 13.2 Å². The van der Waals surface area contributed by atoms with Crippen LogP contribution in [0.15, 0.2) is 0 Å². The molecule has 0 saturated heterocycles. The van der Waals surface area contributed by atoms with Gasteiger partial charge in [-0.25, -0.2) is 0 Å². The molecule has 0 rings (SSSR count). The van der Waals surface area contributed by atoms with Gasteiger partial charge in [0.25, 0.3) is 0 Å². The van der Waals surface area contributed by atoms with Crippen LogP contribution >= 0.6 is 0 Å². The largest absolute Gasteiger partial charge is 0.466 e. The summed E-state index contributed by atoms with van der Waals surface area (Å²) in [6, 6.07) is 0. The normalized spacial score (nSPS) is 12.3. The number of ether oxygens (including phenoxy) is 4. The van der Waals surface area contributed by atoms with Crippen LogP contribution in [0, 0.1) is 0 Å². The number of rotatable bonds is 38. The SMILES string of the molecule is CCCCCCCCCC(CCCCCCCC(=O)OCCCOC(=O)CCCCCCCCC(CCCCCCCC)OC(C)=O)OC(C)=O. The molecule has 0 fully saturated rings. The Kier molecular flexibility index (Phi) is 36.1. The van der Waals surface area contributed by atoms with Gasteiger partial charge < -0.3 is 18.9 Å². The topological polar surface area (TPSA) is 105 Å². The van der Waals surface area contributed by atoms with Crippen LogP contribution in [0.3, 0.4) is 0 Å². The van der Waals surface area contributed by atoms with E-state index in [1.54, 1.807) is 0 Å². The van der Waals surface area contributed by atoms with Crippen molar-refractivity contribution in [2.75, 3.05) is 13.2 Å². The second-order valence-corrected chi connectivity index (χ2v) is 14.7. The van der Waals surface area contributed by atoms with Crippen LogP contribution in [0.25, 0.3) is 0 Å². The first-order chi connectivity index (χ1) is 24.8. The van der Waals surface area contributed by atoms with Gasteiger partial charge in [-0.15, -0.1) is 0 Å². The summed E-state index contributed by atoms with van der Waals surface area (Å²) in [5.41, 5.74) is 0. The third-order valence-electron chi connectivity index (χ3n) is 9.55. The highest BCUT2D eigenvalue weighted by molar-refractivity contribution is 5.69. The van der Waals surface area contributed by atoms with Crippen molar-refractivity contribution in [3.63, 3.8) is 0 Å². The predicted octanol–water partition coefficient (Wildman–Crippen LogP) is 12.1. The molecular weight excluding hydrogens is 644 g/mol. The van der Waals surface area contributed by atoms with Gasteiger partial charge in [-0.05, 0) is 64.2 Å². The van der Waals surface area contributed by atoms with E-state index < -0.39 is 0 Å². The molecule has 0 aliphatic heterocycles. The molecule has 0 aromatic heterocycles. The third-order valence-corrected chi connectivity index (χ3v) is 9.55. The maximum absolute atomic E-state index is 12.0. The van der Waals surface area contributed by atoms with E-state index in [0.29, 0.717) is 19.3 Å². The van der Waals surface area contributed by atoms with Gasteiger partial charge in [0, 0.05) is 33.1 Å². The highest BCUT2D eigenvalue weighted by Gasteiger charge is 2.13. The fraction of sp³-hybridized carbons (Fsp3) is 0.907. The van der Waals surface area contributed by atoms with E-state index in [1.807, 2.05) is 0 Å². The van der Waals surface area contributed by atoms with Crippen LogP contribution in [0.4, 0.5) is 0 Å². The molecule has 0 aromatic carbocycles. The Morgan fingerprint density at radius 2 is 0.647 bits per heavy atom. The van der Waals surface area contributed by atoms with Gasteiger partial charge in [-0.3, -0.25) is 19.2 Å². The Morgan fingerprint density at radius 1 is 0.373 bits per heavy atom. The zero-order valence-electron chi connectivity index (χ0n) is 33.8. The van der Waals surface area contributed by atoms with Crippen molar-refractivity contribution >= 4 is 23.9 Å². The van der Waals surface area contributed by atoms with Gasteiger partial charge in [0.1, 0.15) is 12.2 Å². The fourth-order valence-corrected chi connectivity index (χ4v) is 6.57. The zero-order valence-corrected chi connectivity index (χ0v) is 33.8. The van der Waals surface area contributed by atoms with E-state index in [0.717, 1.165) is 109 Å². The lowest BCUT2D eigenvalue weighted by Gasteiger charge is -2.17. The molecule has 0 amide bonds. The molecule has 0 heterocycles. The molecule has 51 heavy (non-hydrogen) atoms. The van der Waals surface area contributed by atoms with Crippen molar-refractivity contribution in [1.29, 1.82) is 0 Å². The Bertz CT molecular complexity index is 829. The average molecular weight is 725 g/mol. The maximum atomic E-state index is 12.0. The molecule has 0 spiro atoms. The molecule has 0 aliphatic carbocycles. The first kappa shape index (κ1) is 48.9. The van der Waals surface area contributed by atoms with Crippen molar-refractivity contribution in [3.05, 3.63) is 0 Å². The van der Waals surface area contributed by atoms with Gasteiger partial charge in [0.15, 0.2) is 0 Å². The quantitative estimate of drug-likeness (QED) is 0.0352. The molecule has 0 saturated carbocycles. The molecule has 0 aliphatic rings. The minimum Gasteiger partial charge on any atom is -0.466 e. The second kappa shape index (κ2) is 37.6. The second-order valence-electron chi connectivity index (χ2n) is 14.7. The fourth-order valence-electron chi connectivity index (χ4n) is 6.57. The molecule has 2 unspecified atom stereocenters. The van der Waals surface area contributed by atoms with E-state index >= 15 is 0 Å². The molecule has 0 bridgehead atoms. The van der Waals surface area contributed by atoms with Crippen LogP contribution in [0.1, 0.15) is 227 Å². The summed E-state index contributed by atoms with van der Waals surface area (Å²) >= 11 is 0. The van der Waals surface area contributed by atoms with E-state index in [1.165, 1.54) is 84.5 Å². The first-order valence-electron chi connectivity index (χ1n) is 21.4. The number of esters is 4. The number of carbonyl (C=O) groups is 4. The molecule has 300 valence electrons. The van der Waals surface area contributed by atoms with Gasteiger partial charge in [-0.2, -0.15) is 0 Å². The van der Waals surface area contributed by atoms with Crippen molar-refractivity contribution in [2.24, 2.45) is 0 Å². The summed E-state index contributed by atoms with van der Waals surface area (Å²) in [6.07, 6.45) is 32.8. The van der Waals surface area contributed by atoms with Crippen molar-refractivity contribution in [3.8, 4) is 0 Å². The van der Waals surface area contributed by atoms with Crippen LogP contribution in [-0.4, -0.2) is 49.3 Å². The van der Waals surface area contributed by atoms with E-state index in [-0.39, 0.29) is 49.3 Å². The Balaban J connectivity index is 3.69. The predicted molar refractivity (Wildman–Crippen MR) is 208 cm³/mol. The number of unbranched alkanes of at least 4 members (excludes halogenated alkanes) is 20. The summed E-state index contributed by atoms with van der Waals surface area (Å²) in [5, 5.41) is 0. The van der Waals surface area contributed by atoms with Crippen LogP contribution in [-0.2, 0) is 38.1 Å². The van der Waals surface area contributed by atoms with Gasteiger partial charge >= 0.3 is 23.9 Å². The Labute approximate surface area is 313 Å². The van der Waals surface area contributed by atoms with Gasteiger partial charge in [-0.1, -0.05) is 129 Å². The number of hydrogen-bond acceptors (Lipinski definition) is 8. The first-order valence-corrected chi connectivity index (χ1v) is 21.4. The lowest BCUT2D eigenvalue weighted by Crippen LogP contribution is -2.16. The number of hydrogen-bond donors (Lipinski definition) is 0. The minimum atomic E-state index is -0.189. The van der Waals surface area contributed by atoms with Crippen molar-refractivity contribution in [1.82, 2.24) is 0 Å². The van der Waals surface area contributed by atoms with Crippen molar-refractivity contribution in [2.45, 2.75) is 239 Å². The van der Waals surface area contributed by atoms with E-state index in [9.17, 15) is 19.2 Å². The molecular formula is C43H80O8. The zero-order chi connectivity index (χ0) is 37.6. The molecule has 0 aromatic rings. The monoisotopic (exact) mass is 725 g/mol. The molecule has 8 nitrogen and oxygen atoms in total. The molecule has 2 atom stereocenters. The summed E-state index contributed by atoms with van der Waals surface area (Å²) in [4.78, 5) is 47.1. The van der Waals surface area contributed by atoms with Gasteiger partial charge in [0.2, 0.25) is 0 Å². The molecule has 8 heteroatoms. The minimum absolute atomic E-state index is 0.0352.